The lowest BCUT2D eigenvalue weighted by molar-refractivity contribution is -0.116. The lowest BCUT2D eigenvalue weighted by Crippen LogP contribution is -2.43. The summed E-state index contributed by atoms with van der Waals surface area (Å²) in [6, 6.07) is 23.1. The van der Waals surface area contributed by atoms with Crippen LogP contribution in [0, 0.1) is 13.8 Å². The fourth-order valence-electron chi connectivity index (χ4n) is 3.29. The zero-order valence-corrected chi connectivity index (χ0v) is 19.2. The highest BCUT2D eigenvalue weighted by Gasteiger charge is 2.25. The van der Waals surface area contributed by atoms with Crippen LogP contribution in [-0.2, 0) is 15.8 Å². The van der Waals surface area contributed by atoms with E-state index in [0.717, 1.165) is 32.3 Å². The summed E-state index contributed by atoms with van der Waals surface area (Å²) < 4.78 is 14.2. The van der Waals surface area contributed by atoms with Gasteiger partial charge in [-0.2, -0.15) is 0 Å². The van der Waals surface area contributed by atoms with Gasteiger partial charge < -0.3 is 5.32 Å². The Morgan fingerprint density at radius 2 is 1.57 bits per heavy atom. The van der Waals surface area contributed by atoms with E-state index in [-0.39, 0.29) is 5.91 Å². The number of hydrogen-bond acceptors (Lipinski definition) is 3. The van der Waals surface area contributed by atoms with E-state index in [4.69, 9.17) is 0 Å². The summed E-state index contributed by atoms with van der Waals surface area (Å²) in [5.74, 6) is -0.203. The molecule has 0 saturated carbocycles. The Labute approximate surface area is 185 Å². The van der Waals surface area contributed by atoms with E-state index < -0.39 is 17.0 Å². The van der Waals surface area contributed by atoms with Gasteiger partial charge in [-0.15, -0.1) is 0 Å². The summed E-state index contributed by atoms with van der Waals surface area (Å²) in [6.07, 6.45) is 1.60. The van der Waals surface area contributed by atoms with Crippen LogP contribution in [0.15, 0.2) is 82.6 Å². The quantitative estimate of drug-likeness (QED) is 0.524. The van der Waals surface area contributed by atoms with E-state index in [1.54, 1.807) is 29.2 Å². The van der Waals surface area contributed by atoms with Crippen LogP contribution in [-0.4, -0.2) is 22.4 Å². The number of nitrogens with zero attached hydrogens (tertiary/aromatic N) is 1. The van der Waals surface area contributed by atoms with Gasteiger partial charge in [0.2, 0.25) is 5.91 Å². The molecule has 0 aliphatic rings. The van der Waals surface area contributed by atoms with Crippen LogP contribution in [0.3, 0.4) is 0 Å². The first kappa shape index (κ1) is 22.1. The van der Waals surface area contributed by atoms with Crippen molar-refractivity contribution < 1.29 is 9.00 Å². The first-order valence-electron chi connectivity index (χ1n) is 9.69. The van der Waals surface area contributed by atoms with Crippen molar-refractivity contribution in [2.45, 2.75) is 36.6 Å². The lowest BCUT2D eigenvalue weighted by Gasteiger charge is -2.28. The number of carbonyl (C=O) groups is 1. The third kappa shape index (κ3) is 5.52. The van der Waals surface area contributed by atoms with Crippen molar-refractivity contribution >= 4 is 40.0 Å². The highest BCUT2D eigenvalue weighted by molar-refractivity contribution is 7.99. The summed E-state index contributed by atoms with van der Waals surface area (Å²) in [7, 11) is -1.35. The van der Waals surface area contributed by atoms with E-state index >= 15 is 0 Å². The van der Waals surface area contributed by atoms with Crippen LogP contribution in [0.1, 0.15) is 18.1 Å². The fourth-order valence-corrected chi connectivity index (χ4v) is 5.16. The van der Waals surface area contributed by atoms with Crippen molar-refractivity contribution in [2.75, 3.05) is 15.9 Å². The molecule has 2 atom stereocenters. The molecule has 2 unspecified atom stereocenters. The second kappa shape index (κ2) is 9.96. The predicted octanol–water partition coefficient (Wildman–Crippen LogP) is 5.58. The van der Waals surface area contributed by atoms with Crippen molar-refractivity contribution in [1.29, 1.82) is 0 Å². The largest absolute Gasteiger partial charge is 0.323 e. The predicted molar refractivity (Wildman–Crippen MR) is 128 cm³/mol. The monoisotopic (exact) mass is 438 g/mol. The van der Waals surface area contributed by atoms with Crippen LogP contribution in [0.5, 0.6) is 0 Å². The third-order valence-electron chi connectivity index (χ3n) is 4.59. The molecule has 6 heteroatoms. The molecule has 0 aliphatic carbocycles. The molecule has 1 N–H and O–H groups in total. The molecule has 0 aliphatic heterocycles. The van der Waals surface area contributed by atoms with Crippen molar-refractivity contribution in [3.05, 3.63) is 83.9 Å². The van der Waals surface area contributed by atoms with Gasteiger partial charge in [-0.3, -0.25) is 9.10 Å². The minimum atomic E-state index is -1.35. The average Bonchev–Trinajstić information content (AvgIpc) is 2.69. The van der Waals surface area contributed by atoms with Crippen molar-refractivity contribution in [3.63, 3.8) is 0 Å². The Morgan fingerprint density at radius 1 is 0.967 bits per heavy atom. The van der Waals surface area contributed by atoms with E-state index in [0.29, 0.717) is 0 Å². The van der Waals surface area contributed by atoms with Crippen LogP contribution >= 0.6 is 11.8 Å². The molecule has 30 heavy (non-hydrogen) atoms. The van der Waals surface area contributed by atoms with Crippen LogP contribution in [0.25, 0.3) is 0 Å². The molecule has 0 saturated heterocycles. The van der Waals surface area contributed by atoms with Gasteiger partial charge in [-0.05, 0) is 68.3 Å². The van der Waals surface area contributed by atoms with Gasteiger partial charge >= 0.3 is 0 Å². The summed E-state index contributed by atoms with van der Waals surface area (Å²) in [4.78, 5) is 15.2. The normalized spacial score (nSPS) is 12.8. The van der Waals surface area contributed by atoms with Gasteiger partial charge in [0, 0.05) is 16.0 Å². The van der Waals surface area contributed by atoms with Crippen molar-refractivity contribution in [2.24, 2.45) is 0 Å². The molecule has 156 valence electrons. The molecule has 0 spiro atoms. The Kier molecular flexibility index (Phi) is 7.34. The average molecular weight is 439 g/mol. The van der Waals surface area contributed by atoms with Crippen LogP contribution in [0.2, 0.25) is 0 Å². The van der Waals surface area contributed by atoms with E-state index in [1.165, 1.54) is 0 Å². The minimum absolute atomic E-state index is 0.203. The zero-order chi connectivity index (χ0) is 21.7. The first-order valence-corrected chi connectivity index (χ1v) is 12.0. The number of benzene rings is 3. The summed E-state index contributed by atoms with van der Waals surface area (Å²) >= 11 is 1.59. The van der Waals surface area contributed by atoms with Gasteiger partial charge in [0.25, 0.3) is 0 Å². The number of anilines is 2. The minimum Gasteiger partial charge on any atom is -0.323 e. The molecule has 3 aromatic carbocycles. The Bertz CT molecular complexity index is 1030. The lowest BCUT2D eigenvalue weighted by atomic mass is 10.1. The second-order valence-corrected chi connectivity index (χ2v) is 9.53. The maximum atomic E-state index is 13.1. The smallest absolute Gasteiger partial charge is 0.247 e. The number of aryl methyl sites for hydroxylation is 2. The van der Waals surface area contributed by atoms with Gasteiger partial charge in [0.15, 0.2) is 0 Å². The summed E-state index contributed by atoms with van der Waals surface area (Å²) in [5.41, 5.74) is 3.66. The van der Waals surface area contributed by atoms with Gasteiger partial charge in [0.05, 0.1) is 11.4 Å². The number of amides is 1. The molecule has 0 aromatic heterocycles. The number of carbonyl (C=O) groups excluding carboxylic acids is 1. The molecule has 0 heterocycles. The number of nitrogens with one attached hydrogen (secondary N) is 1. The van der Waals surface area contributed by atoms with E-state index in [9.17, 15) is 9.00 Å². The SMILES string of the molecule is Cc1cc(C)cc(N(C(C)C(=O)Nc2ccccc2Sc2ccccc2)S(C)=O)c1. The molecule has 1 amide bonds. The number of rotatable bonds is 7. The maximum Gasteiger partial charge on any atom is 0.247 e. The standard InChI is InChI=1S/C24H26N2O2S2/c1-17-14-18(2)16-20(15-17)26(30(4)28)19(3)24(27)25-22-12-8-9-13-23(22)29-21-10-6-5-7-11-21/h5-16,19H,1-4H3,(H,25,27). The third-order valence-corrected chi connectivity index (χ3v) is 6.75. The molecule has 0 bridgehead atoms. The first-order chi connectivity index (χ1) is 14.3. The molecule has 3 rings (SSSR count). The van der Waals surface area contributed by atoms with Crippen molar-refractivity contribution in [1.82, 2.24) is 0 Å². The molecule has 4 nitrogen and oxygen atoms in total. The Balaban J connectivity index is 1.83. The Hall–Kier alpha value is -2.57. The number of para-hydroxylation sites is 1. The molecular weight excluding hydrogens is 412 g/mol. The van der Waals surface area contributed by atoms with Gasteiger partial charge in [-0.1, -0.05) is 48.2 Å². The topological polar surface area (TPSA) is 49.4 Å². The van der Waals surface area contributed by atoms with Gasteiger partial charge in [0.1, 0.15) is 17.0 Å². The molecule has 0 radical (unpaired) electrons. The van der Waals surface area contributed by atoms with Crippen LogP contribution in [0.4, 0.5) is 11.4 Å². The van der Waals surface area contributed by atoms with Crippen molar-refractivity contribution in [3.8, 4) is 0 Å². The fraction of sp³-hybridized carbons (Fsp3) is 0.208. The molecule has 0 fully saturated rings. The van der Waals surface area contributed by atoms with Crippen LogP contribution < -0.4 is 9.62 Å². The highest BCUT2D eigenvalue weighted by atomic mass is 32.2. The van der Waals surface area contributed by atoms with E-state index in [1.807, 2.05) is 80.6 Å². The maximum absolute atomic E-state index is 13.1. The second-order valence-electron chi connectivity index (χ2n) is 7.17. The van der Waals surface area contributed by atoms with E-state index in [2.05, 4.69) is 11.4 Å². The highest BCUT2D eigenvalue weighted by Crippen LogP contribution is 2.33. The molecule has 3 aromatic rings. The number of hydrogen-bond donors (Lipinski definition) is 1. The Morgan fingerprint density at radius 3 is 2.20 bits per heavy atom. The zero-order valence-electron chi connectivity index (χ0n) is 17.6. The van der Waals surface area contributed by atoms with Gasteiger partial charge in [-0.25, -0.2) is 4.21 Å². The summed E-state index contributed by atoms with van der Waals surface area (Å²) in [6.45, 7) is 5.77. The molecular formula is C24H26N2O2S2. The summed E-state index contributed by atoms with van der Waals surface area (Å²) in [5, 5.41) is 3.03.